The average Bonchev–Trinajstić information content (AvgIpc) is 3.01. The molecule has 1 heterocycles. The minimum absolute atomic E-state index is 0.00136. The van der Waals surface area contributed by atoms with Gasteiger partial charge in [0.15, 0.2) is 0 Å². The molecule has 0 aromatic carbocycles. The lowest BCUT2D eigenvalue weighted by Gasteiger charge is -2.25. The Kier molecular flexibility index (Phi) is 2.50. The molecule has 18 heavy (non-hydrogen) atoms. The van der Waals surface area contributed by atoms with Gasteiger partial charge in [-0.2, -0.15) is 0 Å². The Bertz CT molecular complexity index is 428. The van der Waals surface area contributed by atoms with Gasteiger partial charge in [-0.05, 0) is 25.7 Å². The van der Waals surface area contributed by atoms with Crippen LogP contribution in [0.2, 0.25) is 0 Å². The predicted molar refractivity (Wildman–Crippen MR) is 63.4 cm³/mol. The van der Waals surface area contributed by atoms with Gasteiger partial charge in [0.05, 0.1) is 5.92 Å². The molecular formula is C14H18O4. The Morgan fingerprint density at radius 1 is 1.44 bits per heavy atom. The first-order valence-corrected chi connectivity index (χ1v) is 6.56. The first-order valence-electron chi connectivity index (χ1n) is 6.56. The number of fused-ring (bicyclic) bond motifs is 3. The SMILES string of the molecule is C=C(C)C(=O)OC1C2CC2CC2C(=O)OC1C2C. The van der Waals surface area contributed by atoms with E-state index in [4.69, 9.17) is 9.47 Å². The van der Waals surface area contributed by atoms with Crippen LogP contribution in [0, 0.1) is 23.7 Å². The number of ether oxygens (including phenoxy) is 2. The predicted octanol–water partition coefficient (Wildman–Crippen LogP) is 1.69. The summed E-state index contributed by atoms with van der Waals surface area (Å²) in [6.45, 7) is 7.25. The van der Waals surface area contributed by atoms with Crippen LogP contribution < -0.4 is 0 Å². The van der Waals surface area contributed by atoms with Gasteiger partial charge in [-0.25, -0.2) is 4.79 Å². The third-order valence-electron chi connectivity index (χ3n) is 4.58. The molecule has 4 heteroatoms. The van der Waals surface area contributed by atoms with Crippen molar-refractivity contribution in [2.45, 2.75) is 38.9 Å². The maximum absolute atomic E-state index is 11.8. The van der Waals surface area contributed by atoms with E-state index in [1.165, 1.54) is 0 Å². The lowest BCUT2D eigenvalue weighted by atomic mass is 9.88. The van der Waals surface area contributed by atoms with Crippen LogP contribution in [0.25, 0.3) is 0 Å². The number of rotatable bonds is 2. The minimum Gasteiger partial charge on any atom is -0.458 e. The standard InChI is InChI=1S/C14H18O4/c1-6(2)13(15)18-12-10-5-8(10)4-9-7(3)11(12)17-14(9)16/h7-12H,1,4-5H2,2-3H3. The minimum atomic E-state index is -0.376. The normalized spacial score (nSPS) is 44.7. The van der Waals surface area contributed by atoms with E-state index in [0.29, 0.717) is 17.4 Å². The number of hydrogen-bond donors (Lipinski definition) is 0. The molecule has 6 unspecified atom stereocenters. The van der Waals surface area contributed by atoms with E-state index < -0.39 is 0 Å². The Labute approximate surface area is 106 Å². The van der Waals surface area contributed by atoms with Gasteiger partial charge in [-0.3, -0.25) is 4.79 Å². The van der Waals surface area contributed by atoms with Gasteiger partial charge in [0, 0.05) is 17.4 Å². The van der Waals surface area contributed by atoms with E-state index in [1.54, 1.807) is 6.92 Å². The van der Waals surface area contributed by atoms with Crippen molar-refractivity contribution >= 4 is 11.9 Å². The van der Waals surface area contributed by atoms with Crippen LogP contribution in [0.4, 0.5) is 0 Å². The van der Waals surface area contributed by atoms with E-state index in [0.717, 1.165) is 12.8 Å². The summed E-state index contributed by atoms with van der Waals surface area (Å²) < 4.78 is 10.9. The molecule has 0 amide bonds. The van der Waals surface area contributed by atoms with Crippen molar-refractivity contribution in [1.29, 1.82) is 0 Å². The second-order valence-corrected chi connectivity index (χ2v) is 5.91. The van der Waals surface area contributed by atoms with Crippen molar-refractivity contribution in [3.63, 3.8) is 0 Å². The van der Waals surface area contributed by atoms with E-state index in [9.17, 15) is 9.59 Å². The molecule has 0 aromatic rings. The summed E-state index contributed by atoms with van der Waals surface area (Å²) >= 11 is 0. The highest BCUT2D eigenvalue weighted by Crippen LogP contribution is 2.55. The largest absolute Gasteiger partial charge is 0.458 e. The summed E-state index contributed by atoms with van der Waals surface area (Å²) in [4.78, 5) is 23.5. The first kappa shape index (κ1) is 11.8. The Morgan fingerprint density at radius 2 is 2.17 bits per heavy atom. The molecule has 0 radical (unpaired) electrons. The Morgan fingerprint density at radius 3 is 2.83 bits per heavy atom. The summed E-state index contributed by atoms with van der Waals surface area (Å²) in [7, 11) is 0. The second-order valence-electron chi connectivity index (χ2n) is 5.91. The third-order valence-corrected chi connectivity index (χ3v) is 4.58. The molecule has 2 aliphatic carbocycles. The zero-order chi connectivity index (χ0) is 13.0. The monoisotopic (exact) mass is 250 g/mol. The number of esters is 2. The highest BCUT2D eigenvalue weighted by molar-refractivity contribution is 5.87. The molecule has 3 fully saturated rings. The maximum atomic E-state index is 11.8. The zero-order valence-corrected chi connectivity index (χ0v) is 10.7. The molecule has 1 aliphatic heterocycles. The number of carbonyl (C=O) groups is 2. The molecular weight excluding hydrogens is 232 g/mol. The van der Waals surface area contributed by atoms with Crippen LogP contribution in [0.15, 0.2) is 12.2 Å². The third kappa shape index (κ3) is 1.66. The van der Waals surface area contributed by atoms with Crippen LogP contribution in [0.3, 0.4) is 0 Å². The average molecular weight is 250 g/mol. The van der Waals surface area contributed by atoms with E-state index >= 15 is 0 Å². The fraction of sp³-hybridized carbons (Fsp3) is 0.714. The van der Waals surface area contributed by atoms with Gasteiger partial charge >= 0.3 is 11.9 Å². The lowest BCUT2D eigenvalue weighted by Crippen LogP contribution is -2.36. The summed E-state index contributed by atoms with van der Waals surface area (Å²) in [6, 6.07) is 0. The highest BCUT2D eigenvalue weighted by atomic mass is 16.6. The topological polar surface area (TPSA) is 52.6 Å². The molecule has 3 aliphatic rings. The zero-order valence-electron chi connectivity index (χ0n) is 10.7. The van der Waals surface area contributed by atoms with Gasteiger partial charge in [0.1, 0.15) is 12.2 Å². The van der Waals surface area contributed by atoms with Crippen molar-refractivity contribution < 1.29 is 19.1 Å². The molecule has 98 valence electrons. The van der Waals surface area contributed by atoms with E-state index in [2.05, 4.69) is 6.58 Å². The molecule has 6 atom stereocenters. The molecule has 0 aromatic heterocycles. The fourth-order valence-corrected chi connectivity index (χ4v) is 3.34. The van der Waals surface area contributed by atoms with Crippen molar-refractivity contribution in [1.82, 2.24) is 0 Å². The van der Waals surface area contributed by atoms with Gasteiger partial charge in [-0.1, -0.05) is 13.5 Å². The van der Waals surface area contributed by atoms with Crippen LogP contribution in [0.1, 0.15) is 26.7 Å². The van der Waals surface area contributed by atoms with Crippen LogP contribution in [-0.2, 0) is 19.1 Å². The first-order chi connectivity index (χ1) is 8.49. The number of hydrogen-bond acceptors (Lipinski definition) is 4. The molecule has 2 bridgehead atoms. The summed E-state index contributed by atoms with van der Waals surface area (Å²) in [5.74, 6) is 0.553. The van der Waals surface area contributed by atoms with Gasteiger partial charge in [0.2, 0.25) is 0 Å². The van der Waals surface area contributed by atoms with Crippen molar-refractivity contribution in [2.75, 3.05) is 0 Å². The van der Waals surface area contributed by atoms with Gasteiger partial charge in [0.25, 0.3) is 0 Å². The summed E-state index contributed by atoms with van der Waals surface area (Å²) in [5.41, 5.74) is 0.393. The van der Waals surface area contributed by atoms with Crippen LogP contribution in [-0.4, -0.2) is 24.1 Å². The highest BCUT2D eigenvalue weighted by Gasteiger charge is 2.60. The number of carbonyl (C=O) groups excluding carboxylic acids is 2. The van der Waals surface area contributed by atoms with Gasteiger partial charge in [-0.15, -0.1) is 0 Å². The molecule has 2 saturated carbocycles. The van der Waals surface area contributed by atoms with Crippen LogP contribution in [0.5, 0.6) is 0 Å². The van der Waals surface area contributed by atoms with Crippen molar-refractivity contribution in [3.05, 3.63) is 12.2 Å². The maximum Gasteiger partial charge on any atom is 0.333 e. The van der Waals surface area contributed by atoms with E-state index in [1.807, 2.05) is 6.92 Å². The quantitative estimate of drug-likeness (QED) is 0.553. The second kappa shape index (κ2) is 3.84. The van der Waals surface area contributed by atoms with E-state index in [-0.39, 0.29) is 36.0 Å². The summed E-state index contributed by atoms with van der Waals surface area (Å²) in [5, 5.41) is 0. The molecule has 4 nitrogen and oxygen atoms in total. The molecule has 0 N–H and O–H groups in total. The Balaban J connectivity index is 1.82. The van der Waals surface area contributed by atoms with Crippen molar-refractivity contribution in [2.24, 2.45) is 23.7 Å². The molecule has 3 rings (SSSR count). The smallest absolute Gasteiger partial charge is 0.333 e. The van der Waals surface area contributed by atoms with Crippen molar-refractivity contribution in [3.8, 4) is 0 Å². The molecule has 0 spiro atoms. The fourth-order valence-electron chi connectivity index (χ4n) is 3.34. The van der Waals surface area contributed by atoms with Gasteiger partial charge < -0.3 is 9.47 Å². The summed E-state index contributed by atoms with van der Waals surface area (Å²) in [6.07, 6.45) is 1.40. The Hall–Kier alpha value is -1.32. The lowest BCUT2D eigenvalue weighted by molar-refractivity contribution is -0.162. The molecule has 1 saturated heterocycles. The van der Waals surface area contributed by atoms with Crippen LogP contribution >= 0.6 is 0 Å².